The molecule has 124 valence electrons. The van der Waals surface area contributed by atoms with Crippen LogP contribution in [0.25, 0.3) is 6.08 Å². The lowest BCUT2D eigenvalue weighted by Gasteiger charge is -2.12. The van der Waals surface area contributed by atoms with Gasteiger partial charge in [0.15, 0.2) is 17.3 Å². The predicted molar refractivity (Wildman–Crippen MR) is 93.2 cm³/mol. The second-order valence-corrected chi connectivity index (χ2v) is 5.75. The molecule has 0 radical (unpaired) electrons. The molecule has 2 aromatic rings. The van der Waals surface area contributed by atoms with Crippen LogP contribution in [0, 0.1) is 0 Å². The average Bonchev–Trinajstić information content (AvgIpc) is 2.91. The van der Waals surface area contributed by atoms with Gasteiger partial charge in [-0.25, -0.2) is 0 Å². The zero-order valence-corrected chi connectivity index (χ0v) is 14.2. The molecule has 4 nitrogen and oxygen atoms in total. The fraction of sp³-hybridized carbons (Fsp3) is 0.211. The van der Waals surface area contributed by atoms with E-state index in [2.05, 4.69) is 0 Å². The normalized spacial score (nSPS) is 14.5. The number of fused-ring (bicyclic) bond motifs is 1. The van der Waals surface area contributed by atoms with Crippen LogP contribution in [0.1, 0.15) is 29.3 Å². The number of Topliss-reactive ketones (excluding diaryl/α,β-unsaturated/α-hetero) is 1. The number of methoxy groups -OCH3 is 1. The van der Waals surface area contributed by atoms with Crippen LogP contribution in [0.15, 0.2) is 42.2 Å². The standard InChI is InChI=1S/C19H17ClO4/c1-3-10-23-19-15(22-2)9-8-14-17(19)18(21)16(24-14)11-12-4-6-13(20)7-5-12/h4-9,11H,3,10H2,1-2H3/b16-11-. The van der Waals surface area contributed by atoms with Crippen molar-refractivity contribution in [1.82, 2.24) is 0 Å². The molecular formula is C19H17ClO4. The number of hydrogen-bond donors (Lipinski definition) is 0. The summed E-state index contributed by atoms with van der Waals surface area (Å²) < 4.78 is 16.8. The van der Waals surface area contributed by atoms with Crippen molar-refractivity contribution in [3.8, 4) is 17.2 Å². The van der Waals surface area contributed by atoms with Crippen molar-refractivity contribution in [1.29, 1.82) is 0 Å². The molecule has 0 aromatic heterocycles. The first-order valence-corrected chi connectivity index (χ1v) is 8.05. The molecule has 0 amide bonds. The van der Waals surface area contributed by atoms with E-state index >= 15 is 0 Å². The first-order valence-electron chi connectivity index (χ1n) is 7.67. The lowest BCUT2D eigenvalue weighted by Crippen LogP contribution is -2.04. The molecule has 1 heterocycles. The third-order valence-corrected chi connectivity index (χ3v) is 3.84. The van der Waals surface area contributed by atoms with Gasteiger partial charge in [0.1, 0.15) is 11.3 Å². The van der Waals surface area contributed by atoms with Crippen LogP contribution in [0.2, 0.25) is 5.02 Å². The van der Waals surface area contributed by atoms with E-state index in [1.165, 1.54) is 0 Å². The Hall–Kier alpha value is -2.46. The van der Waals surface area contributed by atoms with Crippen LogP contribution in [0.4, 0.5) is 0 Å². The molecular weight excluding hydrogens is 328 g/mol. The van der Waals surface area contributed by atoms with E-state index < -0.39 is 0 Å². The topological polar surface area (TPSA) is 44.8 Å². The largest absolute Gasteiger partial charge is 0.493 e. The van der Waals surface area contributed by atoms with Gasteiger partial charge in [-0.15, -0.1) is 0 Å². The van der Waals surface area contributed by atoms with Crippen molar-refractivity contribution in [3.63, 3.8) is 0 Å². The maximum absolute atomic E-state index is 12.8. The minimum atomic E-state index is -0.218. The predicted octanol–water partition coefficient (Wildman–Crippen LogP) is 4.75. The van der Waals surface area contributed by atoms with Crippen molar-refractivity contribution < 1.29 is 19.0 Å². The minimum Gasteiger partial charge on any atom is -0.493 e. The Morgan fingerprint density at radius 3 is 2.58 bits per heavy atom. The third kappa shape index (κ3) is 3.10. The van der Waals surface area contributed by atoms with Crippen LogP contribution in [0.3, 0.4) is 0 Å². The van der Waals surface area contributed by atoms with Crippen molar-refractivity contribution >= 4 is 23.5 Å². The van der Waals surface area contributed by atoms with Crippen molar-refractivity contribution in [2.75, 3.05) is 13.7 Å². The zero-order valence-electron chi connectivity index (χ0n) is 13.5. The summed E-state index contributed by atoms with van der Waals surface area (Å²) in [5.41, 5.74) is 1.24. The highest BCUT2D eigenvalue weighted by Gasteiger charge is 2.33. The average molecular weight is 345 g/mol. The maximum Gasteiger partial charge on any atom is 0.235 e. The summed E-state index contributed by atoms with van der Waals surface area (Å²) in [5.74, 6) is 1.47. The Morgan fingerprint density at radius 2 is 1.92 bits per heavy atom. The summed E-state index contributed by atoms with van der Waals surface area (Å²) in [7, 11) is 1.55. The highest BCUT2D eigenvalue weighted by atomic mass is 35.5. The number of carbonyl (C=O) groups excluding carboxylic acids is 1. The van der Waals surface area contributed by atoms with Gasteiger partial charge in [-0.05, 0) is 42.3 Å². The van der Waals surface area contributed by atoms with Gasteiger partial charge < -0.3 is 14.2 Å². The Kier molecular flexibility index (Phi) is 4.76. The lowest BCUT2D eigenvalue weighted by molar-refractivity contribution is 0.101. The van der Waals surface area contributed by atoms with Gasteiger partial charge in [0.05, 0.1) is 13.7 Å². The number of hydrogen-bond acceptors (Lipinski definition) is 4. The molecule has 0 fully saturated rings. The monoisotopic (exact) mass is 344 g/mol. The van der Waals surface area contributed by atoms with Gasteiger partial charge in [-0.3, -0.25) is 4.79 Å². The van der Waals surface area contributed by atoms with Gasteiger partial charge >= 0.3 is 0 Å². The SMILES string of the molecule is CCCOc1c(OC)ccc2c1C(=O)/C(=C/c1ccc(Cl)cc1)O2. The van der Waals surface area contributed by atoms with E-state index in [9.17, 15) is 4.79 Å². The summed E-state index contributed by atoms with van der Waals surface area (Å²) in [4.78, 5) is 12.8. The highest BCUT2D eigenvalue weighted by Crippen LogP contribution is 2.43. The molecule has 24 heavy (non-hydrogen) atoms. The first kappa shape index (κ1) is 16.4. The smallest absolute Gasteiger partial charge is 0.235 e. The van der Waals surface area contributed by atoms with Crippen LogP contribution < -0.4 is 14.2 Å². The number of allylic oxidation sites excluding steroid dienone is 1. The number of ether oxygens (including phenoxy) is 3. The van der Waals surface area contributed by atoms with Crippen molar-refractivity contribution in [2.24, 2.45) is 0 Å². The third-order valence-electron chi connectivity index (χ3n) is 3.59. The summed E-state index contributed by atoms with van der Waals surface area (Å²) in [6, 6.07) is 10.6. The first-order chi connectivity index (χ1) is 11.6. The minimum absolute atomic E-state index is 0.218. The molecule has 0 saturated heterocycles. The number of rotatable bonds is 5. The molecule has 0 bridgehead atoms. The number of carbonyl (C=O) groups is 1. The maximum atomic E-state index is 12.8. The van der Waals surface area contributed by atoms with E-state index in [-0.39, 0.29) is 11.5 Å². The molecule has 0 saturated carbocycles. The molecule has 1 aliphatic heterocycles. The van der Waals surface area contributed by atoms with Gasteiger partial charge in [0.25, 0.3) is 0 Å². The Bertz CT molecular complexity index is 794. The van der Waals surface area contributed by atoms with Gasteiger partial charge in [0.2, 0.25) is 5.78 Å². The van der Waals surface area contributed by atoms with Crippen LogP contribution in [-0.4, -0.2) is 19.5 Å². The molecule has 0 aliphatic carbocycles. The molecule has 0 unspecified atom stereocenters. The summed E-state index contributed by atoms with van der Waals surface area (Å²) in [5, 5.41) is 0.638. The van der Waals surface area contributed by atoms with Crippen molar-refractivity contribution in [3.05, 3.63) is 58.3 Å². The molecule has 2 aromatic carbocycles. The quantitative estimate of drug-likeness (QED) is 0.734. The van der Waals surface area contributed by atoms with Gasteiger partial charge in [0, 0.05) is 5.02 Å². The number of halogens is 1. The summed E-state index contributed by atoms with van der Waals surface area (Å²) in [6.45, 7) is 2.50. The molecule has 0 N–H and O–H groups in total. The van der Waals surface area contributed by atoms with E-state index in [4.69, 9.17) is 25.8 Å². The highest BCUT2D eigenvalue weighted by molar-refractivity contribution is 6.30. The second kappa shape index (κ2) is 6.97. The van der Waals surface area contributed by atoms with Gasteiger partial charge in [-0.1, -0.05) is 30.7 Å². The molecule has 0 atom stereocenters. The lowest BCUT2D eigenvalue weighted by atomic mass is 10.1. The van der Waals surface area contributed by atoms with E-state index in [0.29, 0.717) is 34.4 Å². The van der Waals surface area contributed by atoms with Crippen LogP contribution in [-0.2, 0) is 0 Å². The summed E-state index contributed by atoms with van der Waals surface area (Å²) >= 11 is 5.88. The Balaban J connectivity index is 1.99. The Morgan fingerprint density at radius 1 is 1.17 bits per heavy atom. The zero-order chi connectivity index (χ0) is 17.1. The van der Waals surface area contributed by atoms with E-state index in [0.717, 1.165) is 12.0 Å². The Labute approximate surface area is 145 Å². The summed E-state index contributed by atoms with van der Waals surface area (Å²) in [6.07, 6.45) is 2.52. The fourth-order valence-electron chi connectivity index (χ4n) is 2.45. The van der Waals surface area contributed by atoms with Crippen molar-refractivity contribution in [2.45, 2.75) is 13.3 Å². The number of benzene rings is 2. The van der Waals surface area contributed by atoms with E-state index in [1.807, 2.05) is 19.1 Å². The fourth-order valence-corrected chi connectivity index (χ4v) is 2.57. The van der Waals surface area contributed by atoms with Gasteiger partial charge in [-0.2, -0.15) is 0 Å². The van der Waals surface area contributed by atoms with E-state index in [1.54, 1.807) is 37.5 Å². The molecule has 5 heteroatoms. The second-order valence-electron chi connectivity index (χ2n) is 5.31. The number of ketones is 1. The molecule has 1 aliphatic rings. The van der Waals surface area contributed by atoms with Crippen LogP contribution in [0.5, 0.6) is 17.2 Å². The molecule has 0 spiro atoms. The van der Waals surface area contributed by atoms with Crippen LogP contribution >= 0.6 is 11.6 Å². The molecule has 3 rings (SSSR count).